The fourth-order valence-electron chi connectivity index (χ4n) is 1.37. The van der Waals surface area contributed by atoms with E-state index in [0.29, 0.717) is 18.2 Å². The van der Waals surface area contributed by atoms with Gasteiger partial charge >= 0.3 is 0 Å². The number of amides is 1. The number of halogens is 2. The number of hydrogen-bond acceptors (Lipinski definition) is 2. The lowest BCUT2D eigenvalue weighted by Crippen LogP contribution is -2.26. The molecule has 1 rings (SSSR count). The highest BCUT2D eigenvalue weighted by molar-refractivity contribution is 9.10. The molecule has 1 amide bonds. The van der Waals surface area contributed by atoms with Crippen molar-refractivity contribution in [3.05, 3.63) is 28.5 Å². The molecule has 0 fully saturated rings. The van der Waals surface area contributed by atoms with E-state index in [1.807, 2.05) is 6.07 Å². The molecule has 1 aromatic heterocycles. The SMILES string of the molecule is CC(CBr)CCCNC(=O)c1ncccc1Br. The quantitative estimate of drug-likeness (QED) is 0.621. The molecule has 3 nitrogen and oxygen atoms in total. The summed E-state index contributed by atoms with van der Waals surface area (Å²) < 4.78 is 0.728. The Bertz CT molecular complexity index is 371. The lowest BCUT2D eigenvalue weighted by Gasteiger charge is -2.08. The van der Waals surface area contributed by atoms with Crippen LogP contribution < -0.4 is 5.32 Å². The van der Waals surface area contributed by atoms with E-state index in [1.54, 1.807) is 12.3 Å². The monoisotopic (exact) mass is 362 g/mol. The summed E-state index contributed by atoms with van der Waals surface area (Å²) in [5.74, 6) is 0.525. The van der Waals surface area contributed by atoms with Gasteiger partial charge in [-0.15, -0.1) is 0 Å². The zero-order chi connectivity index (χ0) is 12.7. The van der Waals surface area contributed by atoms with Gasteiger partial charge in [-0.05, 0) is 46.8 Å². The molecule has 0 radical (unpaired) electrons. The Kier molecular flexibility index (Phi) is 6.73. The largest absolute Gasteiger partial charge is 0.351 e. The highest BCUT2D eigenvalue weighted by atomic mass is 79.9. The molecule has 0 saturated heterocycles. The summed E-state index contributed by atoms with van der Waals surface area (Å²) in [4.78, 5) is 15.8. The summed E-state index contributed by atoms with van der Waals surface area (Å²) in [6, 6.07) is 3.60. The molecule has 1 atom stereocenters. The van der Waals surface area contributed by atoms with E-state index < -0.39 is 0 Å². The second-order valence-corrected chi connectivity index (χ2v) is 5.49. The van der Waals surface area contributed by atoms with Gasteiger partial charge in [-0.3, -0.25) is 4.79 Å². The summed E-state index contributed by atoms with van der Waals surface area (Å²) in [6.45, 7) is 2.88. The molecule has 17 heavy (non-hydrogen) atoms. The van der Waals surface area contributed by atoms with Crippen molar-refractivity contribution in [2.24, 2.45) is 5.92 Å². The zero-order valence-corrected chi connectivity index (χ0v) is 12.9. The molecular formula is C12H16Br2N2O. The van der Waals surface area contributed by atoms with Crippen LogP contribution >= 0.6 is 31.9 Å². The van der Waals surface area contributed by atoms with Crippen LogP contribution in [-0.4, -0.2) is 22.8 Å². The van der Waals surface area contributed by atoms with E-state index in [9.17, 15) is 4.79 Å². The molecule has 1 unspecified atom stereocenters. The van der Waals surface area contributed by atoms with Crippen molar-refractivity contribution < 1.29 is 4.79 Å². The minimum atomic E-state index is -0.121. The third-order valence-corrected chi connectivity index (χ3v) is 4.14. The van der Waals surface area contributed by atoms with Gasteiger partial charge in [-0.1, -0.05) is 22.9 Å². The van der Waals surface area contributed by atoms with E-state index in [2.05, 4.69) is 49.1 Å². The molecule has 5 heteroatoms. The first-order valence-corrected chi connectivity index (χ1v) is 7.51. The molecule has 0 spiro atoms. The van der Waals surface area contributed by atoms with Crippen LogP contribution in [0.15, 0.2) is 22.8 Å². The highest BCUT2D eigenvalue weighted by Gasteiger charge is 2.10. The lowest BCUT2D eigenvalue weighted by molar-refractivity contribution is 0.0947. The van der Waals surface area contributed by atoms with Crippen LogP contribution in [0.3, 0.4) is 0 Å². The Balaban J connectivity index is 2.33. The molecule has 0 saturated carbocycles. The van der Waals surface area contributed by atoms with Gasteiger partial charge < -0.3 is 5.32 Å². The van der Waals surface area contributed by atoms with E-state index >= 15 is 0 Å². The summed E-state index contributed by atoms with van der Waals surface area (Å²) in [5.41, 5.74) is 0.445. The number of carbonyl (C=O) groups is 1. The Morgan fingerprint density at radius 3 is 3.00 bits per heavy atom. The van der Waals surface area contributed by atoms with Crippen molar-refractivity contribution in [1.82, 2.24) is 10.3 Å². The van der Waals surface area contributed by atoms with E-state index in [0.717, 1.165) is 22.6 Å². The second kappa shape index (κ2) is 7.82. The maximum atomic E-state index is 11.8. The zero-order valence-electron chi connectivity index (χ0n) is 9.75. The van der Waals surface area contributed by atoms with Crippen LogP contribution in [-0.2, 0) is 0 Å². The Hall–Kier alpha value is -0.420. The van der Waals surface area contributed by atoms with E-state index in [4.69, 9.17) is 0 Å². The van der Waals surface area contributed by atoms with Gasteiger partial charge in [-0.2, -0.15) is 0 Å². The highest BCUT2D eigenvalue weighted by Crippen LogP contribution is 2.13. The smallest absolute Gasteiger partial charge is 0.271 e. The number of hydrogen-bond donors (Lipinski definition) is 1. The fourth-order valence-corrected chi connectivity index (χ4v) is 2.12. The molecule has 1 N–H and O–H groups in total. The van der Waals surface area contributed by atoms with Crippen molar-refractivity contribution in [3.8, 4) is 0 Å². The first kappa shape index (κ1) is 14.6. The standard InChI is InChI=1S/C12H16Br2N2O/c1-9(8-13)4-2-7-16-12(17)11-10(14)5-3-6-15-11/h3,5-6,9H,2,4,7-8H2,1H3,(H,16,17). The minimum absolute atomic E-state index is 0.121. The average Bonchev–Trinajstić information content (AvgIpc) is 2.34. The summed E-state index contributed by atoms with van der Waals surface area (Å²) in [7, 11) is 0. The van der Waals surface area contributed by atoms with Gasteiger partial charge in [0.25, 0.3) is 5.91 Å². The van der Waals surface area contributed by atoms with Crippen LogP contribution in [0.1, 0.15) is 30.3 Å². The number of aromatic nitrogens is 1. The number of carbonyl (C=O) groups excluding carboxylic acids is 1. The topological polar surface area (TPSA) is 42.0 Å². The maximum Gasteiger partial charge on any atom is 0.271 e. The summed E-state index contributed by atoms with van der Waals surface area (Å²) >= 11 is 6.75. The van der Waals surface area contributed by atoms with E-state index in [1.165, 1.54) is 0 Å². The Morgan fingerprint density at radius 1 is 1.59 bits per heavy atom. The molecule has 0 bridgehead atoms. The molecule has 0 aliphatic heterocycles. The van der Waals surface area contributed by atoms with Gasteiger partial charge in [0, 0.05) is 22.5 Å². The van der Waals surface area contributed by atoms with E-state index in [-0.39, 0.29) is 5.91 Å². The van der Waals surface area contributed by atoms with Crippen LogP contribution in [0, 0.1) is 5.92 Å². The predicted molar refractivity (Wildman–Crippen MR) is 76.5 cm³/mol. The van der Waals surface area contributed by atoms with Gasteiger partial charge in [0.05, 0.1) is 0 Å². The van der Waals surface area contributed by atoms with Gasteiger partial charge in [0.1, 0.15) is 5.69 Å². The molecule has 0 aliphatic rings. The maximum absolute atomic E-state index is 11.8. The fraction of sp³-hybridized carbons (Fsp3) is 0.500. The molecular weight excluding hydrogens is 348 g/mol. The van der Waals surface area contributed by atoms with Crippen molar-refractivity contribution >= 4 is 37.8 Å². The average molecular weight is 364 g/mol. The van der Waals surface area contributed by atoms with Crippen molar-refractivity contribution in [3.63, 3.8) is 0 Å². The third kappa shape index (κ3) is 5.17. The van der Waals surface area contributed by atoms with Crippen LogP contribution in [0.2, 0.25) is 0 Å². The molecule has 0 aliphatic carbocycles. The Labute approximate surface area is 119 Å². The molecule has 1 heterocycles. The lowest BCUT2D eigenvalue weighted by atomic mass is 10.1. The van der Waals surface area contributed by atoms with Crippen molar-refractivity contribution in [1.29, 1.82) is 0 Å². The first-order chi connectivity index (χ1) is 8.15. The third-order valence-electron chi connectivity index (χ3n) is 2.40. The van der Waals surface area contributed by atoms with Gasteiger partial charge in [0.2, 0.25) is 0 Å². The van der Waals surface area contributed by atoms with Crippen molar-refractivity contribution in [2.75, 3.05) is 11.9 Å². The number of alkyl halides is 1. The molecule has 1 aromatic rings. The number of nitrogens with one attached hydrogen (secondary N) is 1. The van der Waals surface area contributed by atoms with Gasteiger partial charge in [-0.25, -0.2) is 4.98 Å². The minimum Gasteiger partial charge on any atom is -0.351 e. The van der Waals surface area contributed by atoms with Crippen LogP contribution in [0.25, 0.3) is 0 Å². The normalized spacial score (nSPS) is 12.2. The second-order valence-electron chi connectivity index (χ2n) is 3.99. The number of rotatable bonds is 6. The summed E-state index contributed by atoms with van der Waals surface area (Å²) in [5, 5.41) is 3.88. The summed E-state index contributed by atoms with van der Waals surface area (Å²) in [6.07, 6.45) is 3.71. The molecule has 94 valence electrons. The molecule has 0 aromatic carbocycles. The predicted octanol–water partition coefficient (Wildman–Crippen LogP) is 3.39. The van der Waals surface area contributed by atoms with Crippen molar-refractivity contribution in [2.45, 2.75) is 19.8 Å². The Morgan fingerprint density at radius 2 is 2.35 bits per heavy atom. The van der Waals surface area contributed by atoms with Crippen LogP contribution in [0.4, 0.5) is 0 Å². The van der Waals surface area contributed by atoms with Gasteiger partial charge in [0.15, 0.2) is 0 Å². The van der Waals surface area contributed by atoms with Crippen LogP contribution in [0.5, 0.6) is 0 Å². The number of pyridine rings is 1. The number of nitrogens with zero attached hydrogens (tertiary/aromatic N) is 1. The first-order valence-electron chi connectivity index (χ1n) is 5.59.